The molecular formula is C57H63N15O9. The average molecular weight is 1100 g/mol. The molecular weight excluding hydrogens is 1040 g/mol. The highest BCUT2D eigenvalue weighted by molar-refractivity contribution is 6.15. The Labute approximate surface area is 465 Å². The number of carbonyl (C=O) groups excluding carboxylic acids is 3. The summed E-state index contributed by atoms with van der Waals surface area (Å²) in [4.78, 5) is 70.3. The molecule has 6 heterocycles. The van der Waals surface area contributed by atoms with Gasteiger partial charge in [0.1, 0.15) is 0 Å². The van der Waals surface area contributed by atoms with Gasteiger partial charge in [0.2, 0.25) is 0 Å². The highest BCUT2D eigenvalue weighted by Crippen LogP contribution is 2.32. The molecule has 1 aliphatic carbocycles. The predicted octanol–water partition coefficient (Wildman–Crippen LogP) is 6.97. The van der Waals surface area contributed by atoms with Crippen LogP contribution in [0.3, 0.4) is 0 Å². The van der Waals surface area contributed by atoms with Crippen LogP contribution in [0.25, 0.3) is 21.5 Å². The van der Waals surface area contributed by atoms with Crippen LogP contribution in [-0.4, -0.2) is 139 Å². The minimum atomic E-state index is -1.34. The average Bonchev–Trinajstić information content (AvgIpc) is 4.22. The first kappa shape index (κ1) is 55.2. The number of aromatic carboxylic acids is 1. The van der Waals surface area contributed by atoms with Crippen LogP contribution in [0.2, 0.25) is 0 Å². The lowest BCUT2D eigenvalue weighted by Crippen LogP contribution is -2.33. The molecule has 3 aliphatic rings. The highest BCUT2D eigenvalue weighted by Gasteiger charge is 2.27. The number of rotatable bonds is 20. The van der Waals surface area contributed by atoms with E-state index in [0.717, 1.165) is 79.0 Å². The van der Waals surface area contributed by atoms with Crippen molar-refractivity contribution in [3.05, 3.63) is 131 Å². The lowest BCUT2D eigenvalue weighted by Gasteiger charge is -2.25. The van der Waals surface area contributed by atoms with Gasteiger partial charge in [-0.2, -0.15) is 4.98 Å². The number of nitrogens with zero attached hydrogens (tertiary/aromatic N) is 10. The van der Waals surface area contributed by atoms with Crippen molar-refractivity contribution in [3.8, 4) is 11.8 Å². The molecule has 8 aromatic rings. The summed E-state index contributed by atoms with van der Waals surface area (Å²) in [5, 5.41) is 43.9. The molecule has 0 radical (unpaired) electrons. The second-order valence-electron chi connectivity index (χ2n) is 20.0. The molecule has 0 unspecified atom stereocenters. The van der Waals surface area contributed by atoms with Gasteiger partial charge in [0.15, 0.2) is 34.7 Å². The molecule has 0 atom stereocenters. The quantitative estimate of drug-likeness (QED) is 0.0449. The van der Waals surface area contributed by atoms with E-state index in [1.807, 2.05) is 60.7 Å². The number of carboxylic acids is 1. The molecule has 2 saturated heterocycles. The summed E-state index contributed by atoms with van der Waals surface area (Å²) in [5.74, 6) is -0.655. The van der Waals surface area contributed by atoms with Gasteiger partial charge in [-0.1, -0.05) is 77.5 Å². The third-order valence-electron chi connectivity index (χ3n) is 14.7. The number of anilines is 4. The second-order valence-corrected chi connectivity index (χ2v) is 20.0. The number of carbonyl (C=O) groups is 4. The Morgan fingerprint density at radius 2 is 0.988 bits per heavy atom. The molecule has 4 aromatic heterocycles. The Hall–Kier alpha value is -9.16. The van der Waals surface area contributed by atoms with E-state index in [1.54, 1.807) is 46.3 Å². The fraction of sp³-hybridized carbons (Fsp3) is 0.368. The molecule has 0 bridgehead atoms. The molecule has 24 nitrogen and oxygen atoms in total. The van der Waals surface area contributed by atoms with E-state index in [1.165, 1.54) is 20.6 Å². The number of fused-ring (bicyclic) bond motifs is 2. The van der Waals surface area contributed by atoms with Gasteiger partial charge in [0.25, 0.3) is 29.5 Å². The van der Waals surface area contributed by atoms with E-state index in [0.29, 0.717) is 86.0 Å². The summed E-state index contributed by atoms with van der Waals surface area (Å²) in [6.45, 7) is 5.62. The predicted molar refractivity (Wildman–Crippen MR) is 300 cm³/mol. The first-order valence-corrected chi connectivity index (χ1v) is 27.0. The van der Waals surface area contributed by atoms with Crippen LogP contribution in [-0.2, 0) is 22.6 Å². The first-order chi connectivity index (χ1) is 39.6. The van der Waals surface area contributed by atoms with Crippen LogP contribution in [0, 0.1) is 17.8 Å². The number of hydrogen-bond acceptors (Lipinski definition) is 18. The zero-order valence-corrected chi connectivity index (χ0v) is 45.0. The number of amides is 3. The monoisotopic (exact) mass is 1100 g/mol. The summed E-state index contributed by atoms with van der Waals surface area (Å²) in [6.07, 6.45) is 13.8. The third-order valence-corrected chi connectivity index (χ3v) is 14.7. The SMILES string of the molecule is COc1nc(C(=O)NCC2CCC2)c(NC(=O)c2ccc(Cn3ccnn3)c3ccccc23)nc1NCC1CCOCC1.COc1nc(C(=O)O)c(NC(=O)c2ccc(Cn3ccnn3)c3ccccc23)nc1NCC1CCOCC1. The second kappa shape index (κ2) is 26.2. The van der Waals surface area contributed by atoms with E-state index in [-0.39, 0.29) is 34.9 Å². The number of hydrogen-bond donors (Lipinski definition) is 6. The number of aromatic nitrogens is 10. The molecule has 11 rings (SSSR count). The Bertz CT molecular complexity index is 3490. The van der Waals surface area contributed by atoms with Crippen molar-refractivity contribution in [1.29, 1.82) is 0 Å². The van der Waals surface area contributed by atoms with Gasteiger partial charge < -0.3 is 50.6 Å². The van der Waals surface area contributed by atoms with E-state index >= 15 is 0 Å². The smallest absolute Gasteiger partial charge is 0.358 e. The lowest BCUT2D eigenvalue weighted by atomic mass is 9.85. The minimum absolute atomic E-state index is 0.00764. The third kappa shape index (κ3) is 13.5. The topological polar surface area (TPSA) is 299 Å². The molecule has 2 aliphatic heterocycles. The van der Waals surface area contributed by atoms with Gasteiger partial charge in [-0.3, -0.25) is 14.4 Å². The van der Waals surface area contributed by atoms with E-state index in [2.05, 4.69) is 67.1 Å². The molecule has 3 amide bonds. The first-order valence-electron chi connectivity index (χ1n) is 27.0. The summed E-state index contributed by atoms with van der Waals surface area (Å²) < 4.78 is 25.1. The molecule has 24 heteroatoms. The highest BCUT2D eigenvalue weighted by atomic mass is 16.5. The van der Waals surface area contributed by atoms with Crippen molar-refractivity contribution in [2.75, 3.05) is 81.5 Å². The van der Waals surface area contributed by atoms with Gasteiger partial charge in [0, 0.05) is 69.6 Å². The summed E-state index contributed by atoms with van der Waals surface area (Å²) >= 11 is 0. The zero-order chi connectivity index (χ0) is 56.1. The fourth-order valence-electron chi connectivity index (χ4n) is 9.97. The van der Waals surface area contributed by atoms with E-state index < -0.39 is 29.4 Å². The van der Waals surface area contributed by atoms with Crippen LogP contribution in [0.15, 0.2) is 97.6 Å². The zero-order valence-electron chi connectivity index (χ0n) is 45.0. The lowest BCUT2D eigenvalue weighted by molar-refractivity contribution is 0.0687. The largest absolute Gasteiger partial charge is 0.478 e. The Morgan fingerprint density at radius 3 is 1.41 bits per heavy atom. The Morgan fingerprint density at radius 1 is 0.543 bits per heavy atom. The van der Waals surface area contributed by atoms with Crippen LogP contribution < -0.4 is 36.1 Å². The van der Waals surface area contributed by atoms with Gasteiger partial charge in [-0.05, 0) is 101 Å². The van der Waals surface area contributed by atoms with E-state index in [9.17, 15) is 24.3 Å². The normalized spacial score (nSPS) is 14.7. The number of ether oxygens (including phenoxy) is 4. The molecule has 4 aromatic carbocycles. The number of methoxy groups -OCH3 is 2. The van der Waals surface area contributed by atoms with Crippen LogP contribution in [0.1, 0.15) is 97.8 Å². The van der Waals surface area contributed by atoms with Gasteiger partial charge >= 0.3 is 5.97 Å². The Balaban J connectivity index is 0.000000183. The van der Waals surface area contributed by atoms with Crippen molar-refractivity contribution in [2.24, 2.45) is 17.8 Å². The van der Waals surface area contributed by atoms with Crippen LogP contribution in [0.4, 0.5) is 23.3 Å². The maximum Gasteiger partial charge on any atom is 0.358 e. The van der Waals surface area contributed by atoms with Gasteiger partial charge in [-0.25, -0.2) is 29.1 Å². The molecule has 81 heavy (non-hydrogen) atoms. The minimum Gasteiger partial charge on any atom is -0.478 e. The Kier molecular flexibility index (Phi) is 17.8. The molecule has 0 spiro atoms. The molecule has 420 valence electrons. The molecule has 3 fully saturated rings. The van der Waals surface area contributed by atoms with Gasteiger partial charge in [0.05, 0.1) is 39.7 Å². The van der Waals surface area contributed by atoms with Crippen LogP contribution in [0.5, 0.6) is 11.8 Å². The summed E-state index contributed by atoms with van der Waals surface area (Å²) in [5.41, 5.74) is 2.36. The maximum atomic E-state index is 13.8. The number of carboxylic acid groups (broad SMARTS) is 1. The van der Waals surface area contributed by atoms with Crippen molar-refractivity contribution >= 4 is 68.5 Å². The standard InChI is InChI=1S/C31H36N8O4.C26H27N7O5/c1-42-31-28(32-17-21-11-15-43-16-12-21)36-27(26(35-31)30(41)33-18-20-5-4-6-20)37-29(40)25-10-9-22(19-39-14-13-34-38-39)23-7-2-3-8-24(23)25;1-37-25-23(27-14-16-8-12-38-13-9-16)30-22(21(29-25)26(35)36)31-24(34)20-7-6-17(15-33-11-10-28-32-33)18-4-2-3-5-19(18)20/h2-3,7-10,13-14,20-21H,4-6,11-12,15-19H2,1H3,(H,33,41)(H2,32,36,37,40);2-7,10-11,16H,8-9,12-15H2,1H3,(H,35,36)(H2,27,30,31,34). The van der Waals surface area contributed by atoms with Gasteiger partial charge in [-0.15, -0.1) is 10.2 Å². The fourth-order valence-corrected chi connectivity index (χ4v) is 9.97. The maximum absolute atomic E-state index is 13.8. The number of nitrogens with one attached hydrogen (secondary N) is 5. The van der Waals surface area contributed by atoms with E-state index in [4.69, 9.17) is 18.9 Å². The molecule has 6 N–H and O–H groups in total. The summed E-state index contributed by atoms with van der Waals surface area (Å²) in [7, 11) is 2.88. The van der Waals surface area contributed by atoms with Crippen molar-refractivity contribution < 1.29 is 43.2 Å². The van der Waals surface area contributed by atoms with Crippen molar-refractivity contribution in [1.82, 2.24) is 55.2 Å². The van der Waals surface area contributed by atoms with Crippen LogP contribution >= 0.6 is 0 Å². The van der Waals surface area contributed by atoms with Crippen molar-refractivity contribution in [3.63, 3.8) is 0 Å². The summed E-state index contributed by atoms with van der Waals surface area (Å²) in [6, 6.07) is 22.4. The molecule has 1 saturated carbocycles. The number of benzene rings is 4. The van der Waals surface area contributed by atoms with Crippen molar-refractivity contribution in [2.45, 2.75) is 58.0 Å².